The second kappa shape index (κ2) is 8.22. The average molecular weight is 501 g/mol. The minimum absolute atomic E-state index is 0.0410. The van der Waals surface area contributed by atoms with Gasteiger partial charge in [0, 0.05) is 56.9 Å². The number of nitrogens with zero attached hydrogens (tertiary/aromatic N) is 5. The predicted octanol–water partition coefficient (Wildman–Crippen LogP) is 2.23. The fourth-order valence-corrected chi connectivity index (χ4v) is 6.45. The van der Waals surface area contributed by atoms with E-state index in [-0.39, 0.29) is 15.7 Å². The molecule has 0 unspecified atom stereocenters. The molecular formula is C22H24N6O4S2. The van der Waals surface area contributed by atoms with Crippen LogP contribution >= 0.6 is 11.3 Å². The maximum atomic E-state index is 12.7. The van der Waals surface area contributed by atoms with Crippen molar-refractivity contribution in [2.24, 2.45) is 0 Å². The van der Waals surface area contributed by atoms with Crippen molar-refractivity contribution in [3.8, 4) is 0 Å². The molecule has 2 amide bonds. The van der Waals surface area contributed by atoms with Crippen molar-refractivity contribution < 1.29 is 18.0 Å². The number of thiophene rings is 1. The molecule has 2 aliphatic heterocycles. The van der Waals surface area contributed by atoms with Crippen LogP contribution in [0.3, 0.4) is 0 Å². The topological polar surface area (TPSA) is 108 Å². The van der Waals surface area contributed by atoms with Crippen LogP contribution in [0.2, 0.25) is 0 Å². The van der Waals surface area contributed by atoms with E-state index in [1.165, 1.54) is 25.5 Å². The van der Waals surface area contributed by atoms with E-state index in [0.29, 0.717) is 18.9 Å². The third-order valence-corrected chi connectivity index (χ3v) is 9.31. The number of sulfonamides is 1. The van der Waals surface area contributed by atoms with Crippen LogP contribution in [-0.4, -0.2) is 73.5 Å². The molecule has 0 fully saturated rings. The minimum atomic E-state index is -3.59. The molecule has 12 heteroatoms. The summed E-state index contributed by atoms with van der Waals surface area (Å²) in [5.41, 5.74) is 3.02. The van der Waals surface area contributed by atoms with Crippen molar-refractivity contribution in [2.75, 3.05) is 44.4 Å². The molecule has 3 aromatic rings. The van der Waals surface area contributed by atoms with E-state index in [4.69, 9.17) is 0 Å². The number of likely N-dealkylation sites (N-methyl/N-ethyl adjacent to an activating group) is 1. The van der Waals surface area contributed by atoms with Gasteiger partial charge in [0.15, 0.2) is 5.82 Å². The maximum Gasteiger partial charge on any atom is 0.257 e. The Morgan fingerprint density at radius 2 is 1.94 bits per heavy atom. The van der Waals surface area contributed by atoms with E-state index in [2.05, 4.69) is 21.4 Å². The number of hydrogen-bond acceptors (Lipinski definition) is 7. The summed E-state index contributed by atoms with van der Waals surface area (Å²) < 4.78 is 27.6. The van der Waals surface area contributed by atoms with Gasteiger partial charge in [-0.05, 0) is 36.2 Å². The van der Waals surface area contributed by atoms with Crippen LogP contribution in [0, 0.1) is 0 Å². The first-order valence-electron chi connectivity index (χ1n) is 10.7. The predicted molar refractivity (Wildman–Crippen MR) is 129 cm³/mol. The Balaban J connectivity index is 1.35. The lowest BCUT2D eigenvalue weighted by Crippen LogP contribution is -2.34. The van der Waals surface area contributed by atoms with Crippen LogP contribution in [0.5, 0.6) is 0 Å². The molecule has 0 radical (unpaired) electrons. The number of aromatic nitrogens is 2. The highest BCUT2D eigenvalue weighted by Crippen LogP contribution is 2.34. The first-order valence-corrected chi connectivity index (χ1v) is 13.0. The van der Waals surface area contributed by atoms with Gasteiger partial charge >= 0.3 is 0 Å². The van der Waals surface area contributed by atoms with Gasteiger partial charge in [0.2, 0.25) is 0 Å². The Bertz CT molecular complexity index is 1410. The van der Waals surface area contributed by atoms with E-state index in [9.17, 15) is 18.0 Å². The summed E-state index contributed by atoms with van der Waals surface area (Å²) in [6.07, 6.45) is 0.812. The molecule has 34 heavy (non-hydrogen) atoms. The molecule has 4 heterocycles. The van der Waals surface area contributed by atoms with Crippen LogP contribution in [-0.2, 0) is 23.0 Å². The molecule has 1 aromatic carbocycles. The number of nitrogens with one attached hydrogen (secondary N) is 1. The average Bonchev–Trinajstić information content (AvgIpc) is 3.52. The zero-order chi connectivity index (χ0) is 24.2. The van der Waals surface area contributed by atoms with Gasteiger partial charge in [-0.3, -0.25) is 9.59 Å². The standard InChI is InChI=1S/C22H24N6O4S2/c1-25(2)34(31,32)20-11-15(13-33-20)21(29)23-18-12-19-27(8-9-28(19)24-18)16-4-5-17-14(10-16)6-7-26(3)22(17)30/h4-5,10-13H,6-9H2,1-3H3,(H,23,24,29). The zero-order valence-corrected chi connectivity index (χ0v) is 20.6. The SMILES string of the molecule is CN1CCc2cc(N3CCn4nc(NC(=O)c5csc(S(=O)(=O)N(C)C)c5)cc43)ccc2C1=O. The molecule has 10 nitrogen and oxygen atoms in total. The number of carbonyl (C=O) groups excluding carboxylic acids is 2. The second-order valence-corrected chi connectivity index (χ2v) is 11.8. The number of rotatable bonds is 5. The fraction of sp³-hybridized carbons (Fsp3) is 0.318. The minimum Gasteiger partial charge on any atom is -0.341 e. The fourth-order valence-electron chi connectivity index (χ4n) is 4.12. The summed E-state index contributed by atoms with van der Waals surface area (Å²) in [6.45, 7) is 2.09. The van der Waals surface area contributed by atoms with Gasteiger partial charge in [0.1, 0.15) is 10.0 Å². The van der Waals surface area contributed by atoms with E-state index >= 15 is 0 Å². The molecule has 5 rings (SSSR count). The summed E-state index contributed by atoms with van der Waals surface area (Å²) in [6, 6.07) is 9.04. The van der Waals surface area contributed by atoms with Crippen molar-refractivity contribution in [3.05, 3.63) is 52.4 Å². The van der Waals surface area contributed by atoms with E-state index in [1.54, 1.807) is 11.0 Å². The molecule has 0 atom stereocenters. The van der Waals surface area contributed by atoms with E-state index in [1.807, 2.05) is 23.9 Å². The third-order valence-electron chi connectivity index (χ3n) is 6.08. The van der Waals surface area contributed by atoms with Gasteiger partial charge in [0.25, 0.3) is 21.8 Å². The Morgan fingerprint density at radius 3 is 2.71 bits per heavy atom. The molecule has 0 bridgehead atoms. The Labute approximate surface area is 201 Å². The lowest BCUT2D eigenvalue weighted by Gasteiger charge is -2.26. The maximum absolute atomic E-state index is 12.7. The van der Waals surface area contributed by atoms with Gasteiger partial charge in [-0.25, -0.2) is 17.4 Å². The summed E-state index contributed by atoms with van der Waals surface area (Å²) >= 11 is 1.01. The zero-order valence-electron chi connectivity index (χ0n) is 19.0. The molecule has 0 saturated carbocycles. The van der Waals surface area contributed by atoms with Crippen LogP contribution in [0.15, 0.2) is 39.9 Å². The Morgan fingerprint density at radius 1 is 1.15 bits per heavy atom. The van der Waals surface area contributed by atoms with Crippen LogP contribution in [0.4, 0.5) is 17.3 Å². The molecule has 0 spiro atoms. The summed E-state index contributed by atoms with van der Waals surface area (Å²) in [5.74, 6) is 0.855. The third kappa shape index (κ3) is 3.77. The number of carbonyl (C=O) groups is 2. The van der Waals surface area contributed by atoms with Crippen molar-refractivity contribution in [1.82, 2.24) is 19.0 Å². The monoisotopic (exact) mass is 500 g/mol. The molecule has 0 saturated heterocycles. The van der Waals surface area contributed by atoms with Gasteiger partial charge in [0.05, 0.1) is 12.1 Å². The highest BCUT2D eigenvalue weighted by Gasteiger charge is 2.27. The van der Waals surface area contributed by atoms with E-state index < -0.39 is 15.9 Å². The van der Waals surface area contributed by atoms with Gasteiger partial charge in [-0.2, -0.15) is 5.10 Å². The van der Waals surface area contributed by atoms with Crippen molar-refractivity contribution in [3.63, 3.8) is 0 Å². The number of fused-ring (bicyclic) bond motifs is 2. The Hall–Kier alpha value is -3.22. The Kier molecular flexibility index (Phi) is 5.46. The first kappa shape index (κ1) is 22.6. The summed E-state index contributed by atoms with van der Waals surface area (Å²) in [5, 5.41) is 8.77. The summed E-state index contributed by atoms with van der Waals surface area (Å²) in [4.78, 5) is 28.9. The largest absolute Gasteiger partial charge is 0.341 e. The summed E-state index contributed by atoms with van der Waals surface area (Å²) in [7, 11) is 1.12. The molecule has 0 aliphatic carbocycles. The normalized spacial score (nSPS) is 15.6. The second-order valence-electron chi connectivity index (χ2n) is 8.48. The highest BCUT2D eigenvalue weighted by molar-refractivity contribution is 7.91. The first-order chi connectivity index (χ1) is 16.1. The van der Waals surface area contributed by atoms with E-state index in [0.717, 1.165) is 51.2 Å². The van der Waals surface area contributed by atoms with Crippen molar-refractivity contribution in [1.29, 1.82) is 0 Å². The molecule has 178 valence electrons. The number of amides is 2. The molecule has 2 aromatic heterocycles. The number of benzene rings is 1. The number of anilines is 3. The van der Waals surface area contributed by atoms with Crippen LogP contribution in [0.1, 0.15) is 26.3 Å². The quantitative estimate of drug-likeness (QED) is 0.576. The van der Waals surface area contributed by atoms with Crippen LogP contribution < -0.4 is 10.2 Å². The number of hydrogen-bond donors (Lipinski definition) is 1. The van der Waals surface area contributed by atoms with Gasteiger partial charge in [-0.15, -0.1) is 11.3 Å². The van der Waals surface area contributed by atoms with Crippen LogP contribution in [0.25, 0.3) is 0 Å². The van der Waals surface area contributed by atoms with Crippen molar-refractivity contribution in [2.45, 2.75) is 17.2 Å². The van der Waals surface area contributed by atoms with Gasteiger partial charge in [-0.1, -0.05) is 0 Å². The molecule has 2 aliphatic rings. The molecular weight excluding hydrogens is 476 g/mol. The van der Waals surface area contributed by atoms with Gasteiger partial charge < -0.3 is 15.1 Å². The molecule has 1 N–H and O–H groups in total. The highest BCUT2D eigenvalue weighted by atomic mass is 32.2. The lowest BCUT2D eigenvalue weighted by molar-refractivity contribution is 0.0780. The lowest BCUT2D eigenvalue weighted by atomic mass is 9.98. The smallest absolute Gasteiger partial charge is 0.257 e. The van der Waals surface area contributed by atoms with Crippen molar-refractivity contribution >= 4 is 50.5 Å².